The molecule has 1 aromatic carbocycles. The van der Waals surface area contributed by atoms with Crippen molar-refractivity contribution in [2.24, 2.45) is 0 Å². The Morgan fingerprint density at radius 3 is 2.36 bits per heavy atom. The fourth-order valence-electron chi connectivity index (χ4n) is 1.54. The lowest BCUT2D eigenvalue weighted by atomic mass is 10.2. The standard InChI is InChI=1S/C17H22O5/c1-5-6-11-20-13(4)16(18)22-15-9-7-14(8-10-15)17(19)21-12(2)3/h5,7-10,12-13H,1,6,11H2,2-4H3. The molecule has 0 N–H and O–H groups in total. The molecule has 120 valence electrons. The van der Waals surface area contributed by atoms with E-state index in [-0.39, 0.29) is 6.10 Å². The smallest absolute Gasteiger partial charge is 0.340 e. The zero-order chi connectivity index (χ0) is 16.5. The summed E-state index contributed by atoms with van der Waals surface area (Å²) in [5.41, 5.74) is 0.406. The molecule has 0 heterocycles. The molecule has 0 aliphatic carbocycles. The lowest BCUT2D eigenvalue weighted by Gasteiger charge is -2.12. The van der Waals surface area contributed by atoms with Gasteiger partial charge in [-0.05, 0) is 51.5 Å². The van der Waals surface area contributed by atoms with Gasteiger partial charge in [-0.25, -0.2) is 9.59 Å². The zero-order valence-electron chi connectivity index (χ0n) is 13.2. The molecule has 0 bridgehead atoms. The fraction of sp³-hybridized carbons (Fsp3) is 0.412. The molecule has 0 aliphatic heterocycles. The Balaban J connectivity index is 2.54. The van der Waals surface area contributed by atoms with Crippen LogP contribution in [0.3, 0.4) is 0 Å². The van der Waals surface area contributed by atoms with Gasteiger partial charge in [0.1, 0.15) is 5.75 Å². The highest BCUT2D eigenvalue weighted by Gasteiger charge is 2.16. The monoisotopic (exact) mass is 306 g/mol. The van der Waals surface area contributed by atoms with Crippen molar-refractivity contribution in [3.63, 3.8) is 0 Å². The van der Waals surface area contributed by atoms with Crippen LogP contribution >= 0.6 is 0 Å². The molecule has 0 saturated heterocycles. The van der Waals surface area contributed by atoms with Crippen molar-refractivity contribution in [3.05, 3.63) is 42.5 Å². The van der Waals surface area contributed by atoms with Gasteiger partial charge in [0.05, 0.1) is 18.3 Å². The summed E-state index contributed by atoms with van der Waals surface area (Å²) >= 11 is 0. The van der Waals surface area contributed by atoms with E-state index in [0.29, 0.717) is 24.3 Å². The van der Waals surface area contributed by atoms with E-state index < -0.39 is 18.0 Å². The van der Waals surface area contributed by atoms with Crippen LogP contribution in [0.2, 0.25) is 0 Å². The summed E-state index contributed by atoms with van der Waals surface area (Å²) in [5, 5.41) is 0. The van der Waals surface area contributed by atoms with Gasteiger partial charge in [0, 0.05) is 0 Å². The van der Waals surface area contributed by atoms with E-state index in [4.69, 9.17) is 14.2 Å². The second kappa shape index (κ2) is 9.00. The Kier molecular flexibility index (Phi) is 7.32. The summed E-state index contributed by atoms with van der Waals surface area (Å²) in [6.45, 7) is 9.18. The highest BCUT2D eigenvalue weighted by molar-refractivity contribution is 5.89. The second-order valence-corrected chi connectivity index (χ2v) is 4.99. The van der Waals surface area contributed by atoms with Gasteiger partial charge in [0.15, 0.2) is 6.10 Å². The minimum Gasteiger partial charge on any atom is -0.459 e. The predicted molar refractivity (Wildman–Crippen MR) is 82.9 cm³/mol. The average Bonchev–Trinajstić information content (AvgIpc) is 2.47. The van der Waals surface area contributed by atoms with E-state index in [9.17, 15) is 9.59 Å². The zero-order valence-corrected chi connectivity index (χ0v) is 13.2. The topological polar surface area (TPSA) is 61.8 Å². The summed E-state index contributed by atoms with van der Waals surface area (Å²) in [6.07, 6.45) is 1.54. The third-order valence-electron chi connectivity index (χ3n) is 2.67. The van der Waals surface area contributed by atoms with Crippen molar-refractivity contribution in [2.75, 3.05) is 6.61 Å². The van der Waals surface area contributed by atoms with Crippen LogP contribution in [0.5, 0.6) is 5.75 Å². The quantitative estimate of drug-likeness (QED) is 0.319. The van der Waals surface area contributed by atoms with Crippen molar-refractivity contribution in [1.82, 2.24) is 0 Å². The molecule has 0 radical (unpaired) electrons. The molecule has 1 unspecified atom stereocenters. The van der Waals surface area contributed by atoms with Crippen LogP contribution in [-0.4, -0.2) is 30.8 Å². The van der Waals surface area contributed by atoms with E-state index in [1.54, 1.807) is 51.1 Å². The Morgan fingerprint density at radius 2 is 1.82 bits per heavy atom. The van der Waals surface area contributed by atoms with Crippen LogP contribution in [0.4, 0.5) is 0 Å². The van der Waals surface area contributed by atoms with E-state index in [0.717, 1.165) is 0 Å². The van der Waals surface area contributed by atoms with Gasteiger partial charge in [-0.2, -0.15) is 0 Å². The first-order valence-electron chi connectivity index (χ1n) is 7.19. The van der Waals surface area contributed by atoms with Crippen molar-refractivity contribution in [1.29, 1.82) is 0 Å². The Labute approximate surface area is 130 Å². The number of carbonyl (C=O) groups excluding carboxylic acids is 2. The van der Waals surface area contributed by atoms with Crippen molar-refractivity contribution >= 4 is 11.9 Å². The molecule has 0 saturated carbocycles. The summed E-state index contributed by atoms with van der Waals surface area (Å²) in [4.78, 5) is 23.5. The summed E-state index contributed by atoms with van der Waals surface area (Å²) in [7, 11) is 0. The molecule has 0 aromatic heterocycles. The Bertz CT molecular complexity index is 504. The van der Waals surface area contributed by atoms with Crippen LogP contribution in [0, 0.1) is 0 Å². The van der Waals surface area contributed by atoms with Gasteiger partial charge in [-0.3, -0.25) is 0 Å². The number of rotatable bonds is 8. The molecule has 0 aliphatic rings. The third-order valence-corrected chi connectivity index (χ3v) is 2.67. The first-order valence-corrected chi connectivity index (χ1v) is 7.19. The van der Waals surface area contributed by atoms with Gasteiger partial charge < -0.3 is 14.2 Å². The van der Waals surface area contributed by atoms with Crippen molar-refractivity contribution in [2.45, 2.75) is 39.4 Å². The van der Waals surface area contributed by atoms with Crippen molar-refractivity contribution < 1.29 is 23.8 Å². The van der Waals surface area contributed by atoms with Crippen LogP contribution in [0.1, 0.15) is 37.6 Å². The number of ether oxygens (including phenoxy) is 3. The van der Waals surface area contributed by atoms with Gasteiger partial charge >= 0.3 is 11.9 Å². The predicted octanol–water partition coefficient (Wildman–Crippen LogP) is 3.14. The van der Waals surface area contributed by atoms with Crippen LogP contribution in [-0.2, 0) is 14.3 Å². The first kappa shape index (κ1) is 17.9. The minimum atomic E-state index is -0.662. The molecule has 1 atom stereocenters. The highest BCUT2D eigenvalue weighted by atomic mass is 16.6. The Hall–Kier alpha value is -2.14. The summed E-state index contributed by atoms with van der Waals surface area (Å²) in [6, 6.07) is 6.20. The molecule has 1 aromatic rings. The highest BCUT2D eigenvalue weighted by Crippen LogP contribution is 2.14. The SMILES string of the molecule is C=CCCOC(C)C(=O)Oc1ccc(C(=O)OC(C)C)cc1. The lowest BCUT2D eigenvalue weighted by Crippen LogP contribution is -2.26. The van der Waals surface area contributed by atoms with Gasteiger partial charge in [-0.1, -0.05) is 6.08 Å². The number of hydrogen-bond acceptors (Lipinski definition) is 5. The maximum absolute atomic E-state index is 11.8. The van der Waals surface area contributed by atoms with E-state index in [1.807, 2.05) is 0 Å². The Morgan fingerprint density at radius 1 is 1.18 bits per heavy atom. The third kappa shape index (κ3) is 6.10. The molecule has 5 nitrogen and oxygen atoms in total. The molecular formula is C17H22O5. The van der Waals surface area contributed by atoms with Gasteiger partial charge in [0.25, 0.3) is 0 Å². The first-order chi connectivity index (χ1) is 10.4. The van der Waals surface area contributed by atoms with E-state index in [2.05, 4.69) is 6.58 Å². The fourth-order valence-corrected chi connectivity index (χ4v) is 1.54. The van der Waals surface area contributed by atoms with Crippen LogP contribution < -0.4 is 4.74 Å². The van der Waals surface area contributed by atoms with Gasteiger partial charge in [0.2, 0.25) is 0 Å². The number of benzene rings is 1. The minimum absolute atomic E-state index is 0.182. The molecule has 0 amide bonds. The lowest BCUT2D eigenvalue weighted by molar-refractivity contribution is -0.146. The largest absolute Gasteiger partial charge is 0.459 e. The number of carbonyl (C=O) groups is 2. The molecule has 0 fully saturated rings. The summed E-state index contributed by atoms with van der Waals surface area (Å²) in [5.74, 6) is -0.541. The second-order valence-electron chi connectivity index (χ2n) is 4.99. The maximum Gasteiger partial charge on any atom is 0.340 e. The molecule has 5 heteroatoms. The van der Waals surface area contributed by atoms with Crippen LogP contribution in [0.25, 0.3) is 0 Å². The van der Waals surface area contributed by atoms with Gasteiger partial charge in [-0.15, -0.1) is 6.58 Å². The molecule has 1 rings (SSSR count). The molecule has 22 heavy (non-hydrogen) atoms. The molecular weight excluding hydrogens is 284 g/mol. The van der Waals surface area contributed by atoms with Crippen molar-refractivity contribution in [3.8, 4) is 5.75 Å². The molecule has 0 spiro atoms. The van der Waals surface area contributed by atoms with E-state index in [1.165, 1.54) is 0 Å². The number of esters is 2. The normalized spacial score (nSPS) is 11.8. The van der Waals surface area contributed by atoms with E-state index >= 15 is 0 Å². The number of hydrogen-bond donors (Lipinski definition) is 0. The maximum atomic E-state index is 11.8. The summed E-state index contributed by atoms with van der Waals surface area (Å²) < 4.78 is 15.6. The average molecular weight is 306 g/mol. The van der Waals surface area contributed by atoms with Crippen LogP contribution in [0.15, 0.2) is 36.9 Å².